The van der Waals surface area contributed by atoms with E-state index in [4.69, 9.17) is 18.9 Å². The molecule has 0 saturated carbocycles. The summed E-state index contributed by atoms with van der Waals surface area (Å²) in [6.45, 7) is 26.2. The van der Waals surface area contributed by atoms with E-state index in [1.54, 1.807) is 0 Å². The molecule has 0 radical (unpaired) electrons. The first kappa shape index (κ1) is 29.7. The molecular weight excluding hydrogens is 464 g/mol. The van der Waals surface area contributed by atoms with Crippen LogP contribution in [0.25, 0.3) is 0 Å². The van der Waals surface area contributed by atoms with Crippen LogP contribution in [0.2, 0.25) is 0 Å². The molecule has 4 heterocycles. The van der Waals surface area contributed by atoms with Gasteiger partial charge >= 0.3 is 0 Å². The molecule has 0 aromatic heterocycles. The van der Waals surface area contributed by atoms with Crippen LogP contribution in [0, 0.1) is 10.8 Å². The molecule has 0 aromatic rings. The third-order valence-corrected chi connectivity index (χ3v) is 10.7. The van der Waals surface area contributed by atoms with Crippen molar-refractivity contribution in [3.8, 4) is 0 Å². The molecule has 0 N–H and O–H groups in total. The molecule has 0 aliphatic carbocycles. The van der Waals surface area contributed by atoms with Crippen molar-refractivity contribution in [2.45, 2.75) is 148 Å². The van der Waals surface area contributed by atoms with E-state index in [2.05, 4.69) is 93.1 Å². The first-order chi connectivity index (χ1) is 16.7. The van der Waals surface area contributed by atoms with Crippen LogP contribution < -0.4 is 0 Å². The van der Waals surface area contributed by atoms with Gasteiger partial charge < -0.3 is 18.9 Å². The molecule has 0 unspecified atom stereocenters. The Balaban J connectivity index is 1.28. The first-order valence-corrected chi connectivity index (χ1v) is 14.7. The van der Waals surface area contributed by atoms with Crippen molar-refractivity contribution >= 4 is 0 Å². The predicted molar refractivity (Wildman–Crippen MR) is 150 cm³/mol. The van der Waals surface area contributed by atoms with Gasteiger partial charge in [-0.1, -0.05) is 20.3 Å². The Hall–Kier alpha value is -0.240. The fourth-order valence-electron chi connectivity index (χ4n) is 7.90. The minimum absolute atomic E-state index is 0.0423. The number of piperidine rings is 2. The van der Waals surface area contributed by atoms with E-state index >= 15 is 0 Å². The van der Waals surface area contributed by atoms with E-state index in [0.717, 1.165) is 71.4 Å². The lowest BCUT2D eigenvalue weighted by atomic mass is 9.74. The van der Waals surface area contributed by atoms with Gasteiger partial charge in [-0.2, -0.15) is 0 Å². The standard InChI is InChI=1S/C31H58N2O4/c1-24(2)16-30(17-25(3,4)32(24)11)34-20-28(9,21-35-30)14-13-15-29(10)22-36-31(37-23-29)18-26(5,6)33(12)27(7,8)19-31/h13-23H2,1-12H3. The maximum atomic E-state index is 6.63. The van der Waals surface area contributed by atoms with E-state index in [9.17, 15) is 0 Å². The van der Waals surface area contributed by atoms with Gasteiger partial charge in [0.05, 0.1) is 26.4 Å². The highest BCUT2D eigenvalue weighted by Gasteiger charge is 2.56. The molecule has 216 valence electrons. The second-order valence-corrected chi connectivity index (χ2v) is 16.5. The van der Waals surface area contributed by atoms with Crippen molar-refractivity contribution in [3.63, 3.8) is 0 Å². The quantitative estimate of drug-likeness (QED) is 0.437. The third-order valence-electron chi connectivity index (χ3n) is 10.7. The Morgan fingerprint density at radius 2 is 0.703 bits per heavy atom. The normalized spacial score (nSPS) is 33.4. The van der Waals surface area contributed by atoms with Gasteiger partial charge in [0, 0.05) is 58.7 Å². The zero-order valence-electron chi connectivity index (χ0n) is 26.3. The minimum Gasteiger partial charge on any atom is -0.349 e. The lowest BCUT2D eigenvalue weighted by Gasteiger charge is -2.60. The molecule has 4 aliphatic rings. The lowest BCUT2D eigenvalue weighted by Crippen LogP contribution is -2.67. The van der Waals surface area contributed by atoms with Crippen molar-refractivity contribution in [1.82, 2.24) is 9.80 Å². The Kier molecular flexibility index (Phi) is 7.34. The van der Waals surface area contributed by atoms with Gasteiger partial charge in [0.1, 0.15) is 0 Å². The maximum absolute atomic E-state index is 6.63. The van der Waals surface area contributed by atoms with Crippen molar-refractivity contribution in [3.05, 3.63) is 0 Å². The van der Waals surface area contributed by atoms with E-state index in [0.29, 0.717) is 0 Å². The van der Waals surface area contributed by atoms with Crippen LogP contribution in [0.5, 0.6) is 0 Å². The van der Waals surface area contributed by atoms with Crippen LogP contribution >= 0.6 is 0 Å². The van der Waals surface area contributed by atoms with E-state index in [-0.39, 0.29) is 33.0 Å². The molecule has 0 atom stereocenters. The second kappa shape index (κ2) is 9.14. The largest absolute Gasteiger partial charge is 0.349 e. The SMILES string of the molecule is CN1C(C)(C)CC2(CC1(C)C)OCC(C)(CCCC1(C)COC3(CC(C)(C)N(C)C(C)(C)C3)OC1)CO2. The van der Waals surface area contributed by atoms with Crippen LogP contribution in [-0.4, -0.2) is 84.1 Å². The van der Waals surface area contributed by atoms with Crippen molar-refractivity contribution in [2.75, 3.05) is 40.5 Å². The van der Waals surface area contributed by atoms with Crippen molar-refractivity contribution < 1.29 is 18.9 Å². The molecule has 37 heavy (non-hydrogen) atoms. The Labute approximate surface area is 228 Å². The monoisotopic (exact) mass is 522 g/mol. The molecular formula is C31H58N2O4. The molecule has 4 rings (SSSR count). The summed E-state index contributed by atoms with van der Waals surface area (Å²) in [6, 6.07) is 0. The summed E-state index contributed by atoms with van der Waals surface area (Å²) in [5.41, 5.74) is 0.278. The van der Waals surface area contributed by atoms with Crippen LogP contribution in [-0.2, 0) is 18.9 Å². The molecule has 6 nitrogen and oxygen atoms in total. The highest BCUT2D eigenvalue weighted by molar-refractivity contribution is 5.05. The number of hydrogen-bond acceptors (Lipinski definition) is 6. The zero-order valence-corrected chi connectivity index (χ0v) is 26.3. The fraction of sp³-hybridized carbons (Fsp3) is 1.00. The van der Waals surface area contributed by atoms with Gasteiger partial charge in [-0.05, 0) is 82.3 Å². The Morgan fingerprint density at radius 3 is 0.946 bits per heavy atom. The summed E-state index contributed by atoms with van der Waals surface area (Å²) in [4.78, 5) is 4.97. The summed E-state index contributed by atoms with van der Waals surface area (Å²) < 4.78 is 26.5. The summed E-state index contributed by atoms with van der Waals surface area (Å²) in [7, 11) is 4.46. The summed E-state index contributed by atoms with van der Waals surface area (Å²) in [5.74, 6) is -0.917. The highest BCUT2D eigenvalue weighted by atomic mass is 16.7. The lowest BCUT2D eigenvalue weighted by molar-refractivity contribution is -0.342. The molecule has 2 spiro atoms. The molecule has 0 bridgehead atoms. The van der Waals surface area contributed by atoms with Gasteiger partial charge in [0.15, 0.2) is 11.6 Å². The van der Waals surface area contributed by atoms with E-state index in [1.165, 1.54) is 0 Å². The second-order valence-electron chi connectivity index (χ2n) is 16.5. The minimum atomic E-state index is -0.458. The smallest absolute Gasteiger partial charge is 0.171 e. The number of likely N-dealkylation sites (tertiary alicyclic amines) is 2. The summed E-state index contributed by atoms with van der Waals surface area (Å²) in [5, 5.41) is 0. The first-order valence-electron chi connectivity index (χ1n) is 14.7. The van der Waals surface area contributed by atoms with Crippen molar-refractivity contribution in [2.24, 2.45) is 10.8 Å². The van der Waals surface area contributed by atoms with Crippen LogP contribution in [0.4, 0.5) is 0 Å². The topological polar surface area (TPSA) is 43.4 Å². The van der Waals surface area contributed by atoms with Crippen LogP contribution in [0.15, 0.2) is 0 Å². The Morgan fingerprint density at radius 1 is 0.459 bits per heavy atom. The fourth-order valence-corrected chi connectivity index (χ4v) is 7.90. The number of rotatable bonds is 4. The van der Waals surface area contributed by atoms with Crippen molar-refractivity contribution in [1.29, 1.82) is 0 Å². The average molecular weight is 523 g/mol. The van der Waals surface area contributed by atoms with Gasteiger partial charge in [0.25, 0.3) is 0 Å². The number of nitrogens with zero attached hydrogens (tertiary/aromatic N) is 2. The molecule has 0 aromatic carbocycles. The third kappa shape index (κ3) is 5.81. The average Bonchev–Trinajstić information content (AvgIpc) is 2.75. The molecule has 0 amide bonds. The number of ether oxygens (including phenoxy) is 4. The number of hydrogen-bond donors (Lipinski definition) is 0. The van der Waals surface area contributed by atoms with Crippen LogP contribution in [0.1, 0.15) is 114 Å². The van der Waals surface area contributed by atoms with Gasteiger partial charge in [-0.3, -0.25) is 9.80 Å². The summed E-state index contributed by atoms with van der Waals surface area (Å²) in [6.07, 6.45) is 6.97. The van der Waals surface area contributed by atoms with Gasteiger partial charge in [-0.25, -0.2) is 0 Å². The molecule has 4 saturated heterocycles. The highest BCUT2D eigenvalue weighted by Crippen LogP contribution is 2.50. The summed E-state index contributed by atoms with van der Waals surface area (Å²) >= 11 is 0. The van der Waals surface area contributed by atoms with Crippen LogP contribution in [0.3, 0.4) is 0 Å². The maximum Gasteiger partial charge on any atom is 0.171 e. The molecule has 4 aliphatic heterocycles. The van der Waals surface area contributed by atoms with Gasteiger partial charge in [-0.15, -0.1) is 0 Å². The molecule has 6 heteroatoms. The zero-order chi connectivity index (χ0) is 27.8. The Bertz CT molecular complexity index is 724. The van der Waals surface area contributed by atoms with E-state index in [1.807, 2.05) is 0 Å². The van der Waals surface area contributed by atoms with E-state index < -0.39 is 11.6 Å². The predicted octanol–water partition coefficient (Wildman–Crippen LogP) is 6.22. The van der Waals surface area contributed by atoms with Gasteiger partial charge in [0.2, 0.25) is 0 Å². The molecule has 4 fully saturated rings.